The van der Waals surface area contributed by atoms with Crippen molar-refractivity contribution >= 4 is 27.7 Å². The van der Waals surface area contributed by atoms with Crippen LogP contribution in [0.15, 0.2) is 33.6 Å². The van der Waals surface area contributed by atoms with E-state index in [0.717, 1.165) is 29.5 Å². The second-order valence-electron chi connectivity index (χ2n) is 4.46. The summed E-state index contributed by atoms with van der Waals surface area (Å²) >= 11 is 5.31. The van der Waals surface area contributed by atoms with E-state index in [-0.39, 0.29) is 0 Å². The van der Waals surface area contributed by atoms with E-state index in [2.05, 4.69) is 28.1 Å². The summed E-state index contributed by atoms with van der Waals surface area (Å²) in [6.45, 7) is 2.14. The highest BCUT2D eigenvalue weighted by Gasteiger charge is 2.16. The summed E-state index contributed by atoms with van der Waals surface area (Å²) in [5.41, 5.74) is 4.77. The summed E-state index contributed by atoms with van der Waals surface area (Å²) in [6.07, 6.45) is 2.90. The third-order valence-electron chi connectivity index (χ3n) is 2.61. The Morgan fingerprint density at radius 1 is 1.41 bits per heavy atom. The van der Waals surface area contributed by atoms with Gasteiger partial charge in [0.1, 0.15) is 0 Å². The van der Waals surface area contributed by atoms with Crippen molar-refractivity contribution in [2.75, 3.05) is 12.3 Å². The summed E-state index contributed by atoms with van der Waals surface area (Å²) in [5, 5.41) is 9.74. The number of thioether (sulfide) groups is 1. The normalized spacial score (nSPS) is 14.6. The molecule has 3 N–H and O–H groups in total. The molecule has 96 valence electrons. The highest BCUT2D eigenvalue weighted by Crippen LogP contribution is 2.23. The van der Waals surface area contributed by atoms with Crippen LogP contribution >= 0.6 is 27.7 Å². The number of rotatable bonds is 7. The molecule has 1 atom stereocenters. The molecule has 1 aromatic rings. The molecule has 0 aliphatic heterocycles. The Kier molecular flexibility index (Phi) is 6.55. The van der Waals surface area contributed by atoms with Crippen molar-refractivity contribution in [1.82, 2.24) is 0 Å². The van der Waals surface area contributed by atoms with E-state index in [0.29, 0.717) is 6.54 Å². The Bertz CT molecular complexity index is 344. The molecule has 0 bridgehead atoms. The third-order valence-corrected chi connectivity index (χ3v) is 4.19. The van der Waals surface area contributed by atoms with Crippen LogP contribution in [0.4, 0.5) is 0 Å². The zero-order valence-electron chi connectivity index (χ0n) is 10.2. The lowest BCUT2D eigenvalue weighted by Crippen LogP contribution is -2.33. The van der Waals surface area contributed by atoms with Crippen molar-refractivity contribution in [2.24, 2.45) is 5.73 Å². The minimum absolute atomic E-state index is 0.339. The SMILES string of the molecule is CC(O)(CN)CCCCSc1cccc(Br)c1. The van der Waals surface area contributed by atoms with Gasteiger partial charge in [-0.2, -0.15) is 0 Å². The number of unbranched alkanes of at least 4 members (excludes halogenated alkanes) is 1. The van der Waals surface area contributed by atoms with Gasteiger partial charge in [-0.15, -0.1) is 11.8 Å². The summed E-state index contributed by atoms with van der Waals surface area (Å²) in [7, 11) is 0. The van der Waals surface area contributed by atoms with Crippen LogP contribution in [0.5, 0.6) is 0 Å². The first-order chi connectivity index (χ1) is 8.03. The smallest absolute Gasteiger partial charge is 0.0741 e. The average Bonchev–Trinajstić information content (AvgIpc) is 2.29. The second kappa shape index (κ2) is 7.41. The fourth-order valence-corrected chi connectivity index (χ4v) is 2.98. The topological polar surface area (TPSA) is 46.2 Å². The first-order valence-corrected chi connectivity index (χ1v) is 7.62. The quantitative estimate of drug-likeness (QED) is 0.598. The fourth-order valence-electron chi connectivity index (χ4n) is 1.46. The molecule has 0 saturated heterocycles. The maximum Gasteiger partial charge on any atom is 0.0741 e. The number of benzene rings is 1. The molecular formula is C13H20BrNOS. The van der Waals surface area contributed by atoms with E-state index in [4.69, 9.17) is 5.73 Å². The highest BCUT2D eigenvalue weighted by atomic mass is 79.9. The van der Waals surface area contributed by atoms with Crippen LogP contribution < -0.4 is 5.73 Å². The molecule has 0 amide bonds. The highest BCUT2D eigenvalue weighted by molar-refractivity contribution is 9.10. The van der Waals surface area contributed by atoms with Gasteiger partial charge in [0.05, 0.1) is 5.60 Å². The Balaban J connectivity index is 2.17. The lowest BCUT2D eigenvalue weighted by Gasteiger charge is -2.20. The molecule has 0 spiro atoms. The molecule has 1 rings (SSSR count). The Morgan fingerprint density at radius 3 is 2.82 bits per heavy atom. The molecule has 0 radical (unpaired) electrons. The number of halogens is 1. The van der Waals surface area contributed by atoms with Crippen LogP contribution in [0.2, 0.25) is 0 Å². The van der Waals surface area contributed by atoms with E-state index in [1.54, 1.807) is 6.92 Å². The number of hydrogen-bond donors (Lipinski definition) is 2. The van der Waals surface area contributed by atoms with E-state index >= 15 is 0 Å². The van der Waals surface area contributed by atoms with Crippen molar-refractivity contribution in [3.63, 3.8) is 0 Å². The van der Waals surface area contributed by atoms with Gasteiger partial charge in [-0.3, -0.25) is 0 Å². The molecule has 1 aromatic carbocycles. The Hall–Kier alpha value is -0.0300. The number of hydrogen-bond acceptors (Lipinski definition) is 3. The summed E-state index contributed by atoms with van der Waals surface area (Å²) in [4.78, 5) is 1.28. The Morgan fingerprint density at radius 2 is 2.18 bits per heavy atom. The van der Waals surface area contributed by atoms with Gasteiger partial charge in [-0.05, 0) is 50.1 Å². The molecule has 0 aliphatic carbocycles. The fraction of sp³-hybridized carbons (Fsp3) is 0.538. The van der Waals surface area contributed by atoms with E-state index in [1.165, 1.54) is 4.90 Å². The average molecular weight is 318 g/mol. The molecule has 17 heavy (non-hydrogen) atoms. The van der Waals surface area contributed by atoms with Crippen LogP contribution in [0.1, 0.15) is 26.2 Å². The lowest BCUT2D eigenvalue weighted by molar-refractivity contribution is 0.0577. The van der Waals surface area contributed by atoms with Crippen molar-refractivity contribution in [3.05, 3.63) is 28.7 Å². The van der Waals surface area contributed by atoms with Crippen LogP contribution in [0, 0.1) is 0 Å². The largest absolute Gasteiger partial charge is 0.389 e. The molecule has 0 fully saturated rings. The monoisotopic (exact) mass is 317 g/mol. The van der Waals surface area contributed by atoms with Crippen LogP contribution in [-0.2, 0) is 0 Å². The van der Waals surface area contributed by atoms with Gasteiger partial charge in [0.15, 0.2) is 0 Å². The standard InChI is InChI=1S/C13H20BrNOS/c1-13(16,10-15)7-2-3-8-17-12-6-4-5-11(14)9-12/h4-6,9,16H,2-3,7-8,10,15H2,1H3. The Labute approximate surface area is 116 Å². The molecule has 4 heteroatoms. The third kappa shape index (κ3) is 6.46. The molecule has 1 unspecified atom stereocenters. The van der Waals surface area contributed by atoms with Crippen LogP contribution in [-0.4, -0.2) is 23.0 Å². The maximum absolute atomic E-state index is 9.74. The van der Waals surface area contributed by atoms with E-state index < -0.39 is 5.60 Å². The molecule has 0 aromatic heterocycles. The predicted octanol–water partition coefficient (Wildman–Crippen LogP) is 3.42. The summed E-state index contributed by atoms with van der Waals surface area (Å²) in [5.74, 6) is 1.08. The predicted molar refractivity (Wildman–Crippen MR) is 78.4 cm³/mol. The number of nitrogens with two attached hydrogens (primary N) is 1. The maximum atomic E-state index is 9.74. The minimum atomic E-state index is -0.694. The van der Waals surface area contributed by atoms with Gasteiger partial charge in [0.2, 0.25) is 0 Å². The molecular weight excluding hydrogens is 298 g/mol. The summed E-state index contributed by atoms with van der Waals surface area (Å²) < 4.78 is 1.12. The minimum Gasteiger partial charge on any atom is -0.389 e. The van der Waals surface area contributed by atoms with Gasteiger partial charge in [-0.25, -0.2) is 0 Å². The first-order valence-electron chi connectivity index (χ1n) is 5.84. The molecule has 0 heterocycles. The lowest BCUT2D eigenvalue weighted by atomic mass is 10.00. The van der Waals surface area contributed by atoms with Crippen molar-refractivity contribution < 1.29 is 5.11 Å². The molecule has 2 nitrogen and oxygen atoms in total. The van der Waals surface area contributed by atoms with Gasteiger partial charge in [0, 0.05) is 15.9 Å². The first kappa shape index (κ1) is 15.0. The van der Waals surface area contributed by atoms with Crippen LogP contribution in [0.25, 0.3) is 0 Å². The van der Waals surface area contributed by atoms with Gasteiger partial charge < -0.3 is 10.8 Å². The molecule has 0 aliphatic rings. The van der Waals surface area contributed by atoms with E-state index in [1.807, 2.05) is 23.9 Å². The van der Waals surface area contributed by atoms with Gasteiger partial charge in [0.25, 0.3) is 0 Å². The second-order valence-corrected chi connectivity index (χ2v) is 6.55. The zero-order valence-corrected chi connectivity index (χ0v) is 12.6. The van der Waals surface area contributed by atoms with Gasteiger partial charge >= 0.3 is 0 Å². The van der Waals surface area contributed by atoms with Gasteiger partial charge in [-0.1, -0.05) is 22.0 Å². The van der Waals surface area contributed by atoms with Crippen LogP contribution in [0.3, 0.4) is 0 Å². The number of aliphatic hydroxyl groups is 1. The van der Waals surface area contributed by atoms with Crippen molar-refractivity contribution in [1.29, 1.82) is 0 Å². The van der Waals surface area contributed by atoms with Crippen molar-refractivity contribution in [2.45, 2.75) is 36.7 Å². The van der Waals surface area contributed by atoms with Crippen molar-refractivity contribution in [3.8, 4) is 0 Å². The summed E-state index contributed by atoms with van der Waals surface area (Å²) in [6, 6.07) is 8.32. The molecule has 0 saturated carbocycles. The zero-order chi connectivity index (χ0) is 12.7. The van der Waals surface area contributed by atoms with E-state index in [9.17, 15) is 5.11 Å².